The van der Waals surface area contributed by atoms with Crippen molar-refractivity contribution in [1.29, 1.82) is 0 Å². The van der Waals surface area contributed by atoms with Crippen LogP contribution >= 0.6 is 0 Å². The number of fused-ring (bicyclic) bond motifs is 1. The first-order chi connectivity index (χ1) is 15.4. The molecule has 32 heavy (non-hydrogen) atoms. The van der Waals surface area contributed by atoms with Crippen molar-refractivity contribution < 1.29 is 23.5 Å². The number of hydrogen-bond donors (Lipinski definition) is 2. The van der Waals surface area contributed by atoms with Crippen LogP contribution in [0.2, 0.25) is 0 Å². The smallest absolute Gasteiger partial charge is 0.335 e. The summed E-state index contributed by atoms with van der Waals surface area (Å²) in [4.78, 5) is 28.8. The number of amides is 1. The number of furan rings is 1. The number of aromatic carboxylic acids is 1. The van der Waals surface area contributed by atoms with E-state index in [2.05, 4.69) is 10.3 Å². The van der Waals surface area contributed by atoms with Crippen LogP contribution in [0.5, 0.6) is 0 Å². The second-order valence-electron chi connectivity index (χ2n) is 7.05. The Bertz CT molecular complexity index is 1370. The lowest BCUT2D eigenvalue weighted by Gasteiger charge is -2.08. The fourth-order valence-corrected chi connectivity index (χ4v) is 3.53. The van der Waals surface area contributed by atoms with E-state index in [9.17, 15) is 19.1 Å². The molecule has 2 aromatic carbocycles. The number of hydrogen-bond acceptors (Lipinski definition) is 4. The van der Waals surface area contributed by atoms with Crippen LogP contribution in [0.25, 0.3) is 39.6 Å². The zero-order valence-electron chi connectivity index (χ0n) is 17.3. The first-order valence-corrected chi connectivity index (χ1v) is 9.85. The number of carbonyl (C=O) groups is 2. The first-order valence-electron chi connectivity index (χ1n) is 9.85. The van der Waals surface area contributed by atoms with Crippen molar-refractivity contribution in [2.45, 2.75) is 6.92 Å². The van der Waals surface area contributed by atoms with E-state index < -0.39 is 11.8 Å². The summed E-state index contributed by atoms with van der Waals surface area (Å²) in [5.41, 5.74) is 3.03. The van der Waals surface area contributed by atoms with Crippen molar-refractivity contribution in [3.05, 3.63) is 83.3 Å². The van der Waals surface area contributed by atoms with Crippen LogP contribution in [0, 0.1) is 5.82 Å². The monoisotopic (exact) mass is 430 g/mol. The van der Waals surface area contributed by atoms with Crippen molar-refractivity contribution in [2.75, 3.05) is 7.05 Å². The van der Waals surface area contributed by atoms with Gasteiger partial charge in [0.2, 0.25) is 5.71 Å². The Morgan fingerprint density at radius 2 is 1.84 bits per heavy atom. The molecule has 0 saturated carbocycles. The molecule has 2 N–H and O–H groups in total. The maximum atomic E-state index is 13.4. The molecule has 1 amide bonds. The van der Waals surface area contributed by atoms with Crippen LogP contribution in [0.15, 0.2) is 65.1 Å². The Morgan fingerprint density at radius 3 is 2.50 bits per heavy atom. The predicted molar refractivity (Wildman–Crippen MR) is 120 cm³/mol. The average molecular weight is 430 g/mol. The summed E-state index contributed by atoms with van der Waals surface area (Å²) in [7, 11) is 1.51. The molecule has 0 aliphatic heterocycles. The number of nitrogens with one attached hydrogen (secondary N) is 1. The van der Waals surface area contributed by atoms with Gasteiger partial charge in [-0.3, -0.25) is 4.79 Å². The molecule has 0 aliphatic carbocycles. The third-order valence-corrected chi connectivity index (χ3v) is 5.02. The maximum Gasteiger partial charge on any atom is 0.335 e. The lowest BCUT2D eigenvalue weighted by molar-refractivity contribution is 0.0696. The molecule has 0 spiro atoms. The van der Waals surface area contributed by atoms with Gasteiger partial charge in [0.05, 0.1) is 22.2 Å². The number of halogens is 1. The van der Waals surface area contributed by atoms with Crippen LogP contribution < -0.4 is 5.32 Å². The molecule has 7 heteroatoms. The summed E-state index contributed by atoms with van der Waals surface area (Å²) in [6, 6.07) is 13.9. The molecule has 160 valence electrons. The maximum absolute atomic E-state index is 13.4. The Labute approximate surface area is 183 Å². The number of carboxylic acids is 1. The van der Waals surface area contributed by atoms with Gasteiger partial charge in [0.15, 0.2) is 0 Å². The minimum atomic E-state index is -1.04. The molecule has 0 atom stereocenters. The van der Waals surface area contributed by atoms with Crippen molar-refractivity contribution in [2.24, 2.45) is 0 Å². The largest absolute Gasteiger partial charge is 0.478 e. The van der Waals surface area contributed by atoms with Gasteiger partial charge in [-0.15, -0.1) is 0 Å². The van der Waals surface area contributed by atoms with Crippen LogP contribution in [-0.4, -0.2) is 29.0 Å². The minimum Gasteiger partial charge on any atom is -0.478 e. The minimum absolute atomic E-state index is 0.139. The predicted octanol–water partition coefficient (Wildman–Crippen LogP) is 5.39. The number of allylic oxidation sites excluding steroid dienone is 1. The fraction of sp³-hybridized carbons (Fsp3) is 0.0800. The summed E-state index contributed by atoms with van der Waals surface area (Å²) >= 11 is 0. The topological polar surface area (TPSA) is 92.4 Å². The van der Waals surface area contributed by atoms with Gasteiger partial charge in [-0.25, -0.2) is 14.2 Å². The molecule has 0 bridgehead atoms. The van der Waals surface area contributed by atoms with E-state index in [4.69, 9.17) is 4.42 Å². The molecular weight excluding hydrogens is 411 g/mol. The van der Waals surface area contributed by atoms with Crippen LogP contribution in [-0.2, 0) is 0 Å². The zero-order valence-corrected chi connectivity index (χ0v) is 17.3. The van der Waals surface area contributed by atoms with Crippen molar-refractivity contribution in [1.82, 2.24) is 10.3 Å². The molecule has 4 rings (SSSR count). The highest BCUT2D eigenvalue weighted by atomic mass is 19.1. The molecular formula is C25H19FN2O4. The Balaban J connectivity index is 2.03. The highest BCUT2D eigenvalue weighted by Crippen LogP contribution is 2.37. The van der Waals surface area contributed by atoms with E-state index in [1.807, 2.05) is 13.0 Å². The molecule has 2 heterocycles. The third-order valence-electron chi connectivity index (χ3n) is 5.02. The van der Waals surface area contributed by atoms with Gasteiger partial charge >= 0.3 is 5.97 Å². The Kier molecular flexibility index (Phi) is 5.55. The highest BCUT2D eigenvalue weighted by molar-refractivity contribution is 6.11. The fourth-order valence-electron chi connectivity index (χ4n) is 3.53. The van der Waals surface area contributed by atoms with Gasteiger partial charge in [0.25, 0.3) is 5.91 Å². The number of benzene rings is 2. The molecule has 0 fully saturated rings. The molecule has 0 aliphatic rings. The Morgan fingerprint density at radius 1 is 1.09 bits per heavy atom. The Hall–Kier alpha value is -4.26. The standard InChI is InChI=1S/C25H19FN2O4/c1-3-5-20-18(15-6-4-7-16(12-15)25(30)31)13-19-21(23(29)27-2)22(32-24(19)28-20)14-8-10-17(26)11-9-14/h3-13H,1-2H3,(H,27,29)(H,30,31). The number of aromatic nitrogens is 1. The number of nitrogens with zero attached hydrogens (tertiary/aromatic N) is 1. The average Bonchev–Trinajstić information content (AvgIpc) is 3.17. The summed E-state index contributed by atoms with van der Waals surface area (Å²) in [6.45, 7) is 1.84. The first kappa shape index (κ1) is 21.0. The van der Waals surface area contributed by atoms with Crippen molar-refractivity contribution >= 4 is 29.1 Å². The van der Waals surface area contributed by atoms with Gasteiger partial charge < -0.3 is 14.8 Å². The van der Waals surface area contributed by atoms with Crippen LogP contribution in [0.4, 0.5) is 4.39 Å². The number of pyridine rings is 1. The molecule has 6 nitrogen and oxygen atoms in total. The van der Waals surface area contributed by atoms with Gasteiger partial charge in [0.1, 0.15) is 11.6 Å². The van der Waals surface area contributed by atoms with E-state index in [0.717, 1.165) is 0 Å². The molecule has 2 aromatic heterocycles. The molecule has 0 unspecified atom stereocenters. The van der Waals surface area contributed by atoms with Gasteiger partial charge in [-0.05, 0) is 61.0 Å². The number of carboxylic acid groups (broad SMARTS) is 1. The molecule has 4 aromatic rings. The summed E-state index contributed by atoms with van der Waals surface area (Å²) in [5, 5.41) is 12.5. The molecule has 0 saturated heterocycles. The number of carbonyl (C=O) groups excluding carboxylic acids is 1. The van der Waals surface area contributed by atoms with Crippen molar-refractivity contribution in [3.63, 3.8) is 0 Å². The third kappa shape index (κ3) is 3.76. The zero-order chi connectivity index (χ0) is 22.8. The van der Waals surface area contributed by atoms with Crippen LogP contribution in [0.1, 0.15) is 33.3 Å². The van der Waals surface area contributed by atoms with E-state index in [1.165, 1.54) is 37.4 Å². The second kappa shape index (κ2) is 8.47. The van der Waals surface area contributed by atoms with E-state index in [-0.39, 0.29) is 28.5 Å². The second-order valence-corrected chi connectivity index (χ2v) is 7.05. The van der Waals surface area contributed by atoms with E-state index >= 15 is 0 Å². The van der Waals surface area contributed by atoms with E-state index in [0.29, 0.717) is 27.8 Å². The lowest BCUT2D eigenvalue weighted by atomic mass is 9.98. The van der Waals surface area contributed by atoms with E-state index in [1.54, 1.807) is 30.3 Å². The summed E-state index contributed by atoms with van der Waals surface area (Å²) in [6.07, 6.45) is 3.59. The summed E-state index contributed by atoms with van der Waals surface area (Å²) < 4.78 is 19.4. The van der Waals surface area contributed by atoms with Gasteiger partial charge in [0, 0.05) is 18.2 Å². The lowest BCUT2D eigenvalue weighted by Crippen LogP contribution is -2.18. The molecule has 0 radical (unpaired) electrons. The SMILES string of the molecule is CC=Cc1nc2oc(-c3ccc(F)cc3)c(C(=O)NC)c2cc1-c1cccc(C(=O)O)c1. The van der Waals surface area contributed by atoms with Crippen molar-refractivity contribution in [3.8, 4) is 22.5 Å². The van der Waals surface area contributed by atoms with Gasteiger partial charge in [-0.1, -0.05) is 18.2 Å². The normalized spacial score (nSPS) is 11.2. The summed E-state index contributed by atoms with van der Waals surface area (Å²) in [5.74, 6) is -1.55. The highest BCUT2D eigenvalue weighted by Gasteiger charge is 2.24. The quantitative estimate of drug-likeness (QED) is 0.443. The van der Waals surface area contributed by atoms with Crippen LogP contribution in [0.3, 0.4) is 0 Å². The van der Waals surface area contributed by atoms with Gasteiger partial charge in [-0.2, -0.15) is 0 Å². The number of rotatable bonds is 5.